The van der Waals surface area contributed by atoms with E-state index in [1.165, 1.54) is 0 Å². The van der Waals surface area contributed by atoms with Gasteiger partial charge in [0.2, 0.25) is 11.9 Å². The number of nitrogens with zero attached hydrogens (tertiary/aromatic N) is 4. The lowest BCUT2D eigenvalue weighted by Crippen LogP contribution is -2.49. The second-order valence-electron chi connectivity index (χ2n) is 7.82. The van der Waals surface area contributed by atoms with Crippen LogP contribution in [0, 0.1) is 0 Å². The fraction of sp³-hybridized carbons (Fsp3) is 0.348. The van der Waals surface area contributed by atoms with Crippen LogP contribution < -0.4 is 25.8 Å². The first-order chi connectivity index (χ1) is 15.9. The first-order valence-electron chi connectivity index (χ1n) is 10.6. The van der Waals surface area contributed by atoms with Crippen LogP contribution in [0.5, 0.6) is 11.5 Å². The Morgan fingerprint density at radius 3 is 2.45 bits per heavy atom. The number of nitrogens with two attached hydrogens (primary N) is 2. The van der Waals surface area contributed by atoms with E-state index in [2.05, 4.69) is 20.9 Å². The number of aromatic nitrogens is 2. The van der Waals surface area contributed by atoms with Crippen LogP contribution in [-0.2, 0) is 4.79 Å². The third-order valence-electron chi connectivity index (χ3n) is 5.83. The molecule has 0 saturated carbocycles. The molecule has 1 aromatic heterocycles. The van der Waals surface area contributed by atoms with Crippen LogP contribution in [0.25, 0.3) is 10.9 Å². The highest BCUT2D eigenvalue weighted by Gasteiger charge is 2.26. The molecule has 4 rings (SSSR count). The molecule has 4 N–H and O–H groups in total. The van der Waals surface area contributed by atoms with Gasteiger partial charge in [-0.1, -0.05) is 30.3 Å². The Morgan fingerprint density at radius 1 is 1.12 bits per heavy atom. The van der Waals surface area contributed by atoms with E-state index in [0.29, 0.717) is 64.8 Å². The zero-order chi connectivity index (χ0) is 23.5. The number of carbonyl (C=O) groups excluding carboxylic acids is 1. The molecule has 0 radical (unpaired) electrons. The molecule has 0 unspecified atom stereocenters. The van der Waals surface area contributed by atoms with Crippen molar-refractivity contribution in [3.63, 3.8) is 0 Å². The normalized spacial score (nSPS) is 14.9. The maximum Gasteiger partial charge on any atom is 0.228 e. The summed E-state index contributed by atoms with van der Waals surface area (Å²) in [5, 5.41) is 0.673. The minimum Gasteiger partial charge on any atom is -0.493 e. The highest BCUT2D eigenvalue weighted by molar-refractivity contribution is 9.10. The van der Waals surface area contributed by atoms with Crippen molar-refractivity contribution in [1.29, 1.82) is 0 Å². The second-order valence-corrected chi connectivity index (χ2v) is 8.61. The maximum atomic E-state index is 12.8. The highest BCUT2D eigenvalue weighted by Crippen LogP contribution is 2.42. The number of nitrogen functional groups attached to an aromatic ring is 1. The van der Waals surface area contributed by atoms with E-state index in [4.69, 9.17) is 25.9 Å². The Hall–Kier alpha value is -3.11. The van der Waals surface area contributed by atoms with E-state index in [1.807, 2.05) is 40.1 Å². The summed E-state index contributed by atoms with van der Waals surface area (Å²) in [6, 6.07) is 11.1. The van der Waals surface area contributed by atoms with Crippen molar-refractivity contribution in [3.05, 3.63) is 46.4 Å². The van der Waals surface area contributed by atoms with E-state index in [1.54, 1.807) is 20.3 Å². The number of hydrogen-bond acceptors (Lipinski definition) is 8. The molecule has 1 aliphatic rings. The van der Waals surface area contributed by atoms with Crippen molar-refractivity contribution < 1.29 is 14.3 Å². The van der Waals surface area contributed by atoms with Gasteiger partial charge >= 0.3 is 0 Å². The molecule has 174 valence electrons. The van der Waals surface area contributed by atoms with Crippen molar-refractivity contribution in [2.24, 2.45) is 5.73 Å². The molecule has 9 nitrogen and oxygen atoms in total. The van der Waals surface area contributed by atoms with Gasteiger partial charge < -0.3 is 30.7 Å². The van der Waals surface area contributed by atoms with E-state index in [9.17, 15) is 4.79 Å². The largest absolute Gasteiger partial charge is 0.493 e. The van der Waals surface area contributed by atoms with Crippen LogP contribution >= 0.6 is 15.9 Å². The van der Waals surface area contributed by atoms with Crippen molar-refractivity contribution in [2.45, 2.75) is 12.5 Å². The molecule has 2 heterocycles. The molecular formula is C23H27BrN6O3. The number of piperazine rings is 1. The number of rotatable bonds is 6. The van der Waals surface area contributed by atoms with Crippen LogP contribution in [0.15, 0.2) is 40.9 Å². The summed E-state index contributed by atoms with van der Waals surface area (Å²) in [6.45, 7) is 2.33. The lowest BCUT2D eigenvalue weighted by molar-refractivity contribution is -0.131. The number of fused-ring (bicyclic) bond motifs is 1. The predicted molar refractivity (Wildman–Crippen MR) is 132 cm³/mol. The van der Waals surface area contributed by atoms with Gasteiger partial charge in [0.25, 0.3) is 0 Å². The fourth-order valence-corrected chi connectivity index (χ4v) is 4.63. The Morgan fingerprint density at radius 2 is 1.82 bits per heavy atom. The van der Waals surface area contributed by atoms with Gasteiger partial charge in [0.1, 0.15) is 5.82 Å². The topological polar surface area (TPSA) is 120 Å². The number of methoxy groups -OCH3 is 2. The summed E-state index contributed by atoms with van der Waals surface area (Å²) in [4.78, 5) is 25.9. The lowest BCUT2D eigenvalue weighted by atomic mass is 10.0. The predicted octanol–water partition coefficient (Wildman–Crippen LogP) is 2.73. The smallest absolute Gasteiger partial charge is 0.228 e. The molecule has 0 spiro atoms. The highest BCUT2D eigenvalue weighted by atomic mass is 79.9. The summed E-state index contributed by atoms with van der Waals surface area (Å²) < 4.78 is 11.5. The number of anilines is 2. The van der Waals surface area contributed by atoms with E-state index in [-0.39, 0.29) is 18.4 Å². The van der Waals surface area contributed by atoms with E-state index >= 15 is 0 Å². The van der Waals surface area contributed by atoms with E-state index < -0.39 is 0 Å². The zero-order valence-electron chi connectivity index (χ0n) is 18.6. The Labute approximate surface area is 200 Å². The molecule has 0 aliphatic carbocycles. The fourth-order valence-electron chi connectivity index (χ4n) is 3.97. The van der Waals surface area contributed by atoms with Gasteiger partial charge in [0, 0.05) is 44.0 Å². The molecule has 1 aliphatic heterocycles. The summed E-state index contributed by atoms with van der Waals surface area (Å²) in [7, 11) is 3.13. The monoisotopic (exact) mass is 514 g/mol. The summed E-state index contributed by atoms with van der Waals surface area (Å²) in [6.07, 6.45) is 0.276. The van der Waals surface area contributed by atoms with Crippen molar-refractivity contribution >= 4 is 44.5 Å². The third kappa shape index (κ3) is 4.67. The summed E-state index contributed by atoms with van der Waals surface area (Å²) in [5.41, 5.74) is 14.1. The summed E-state index contributed by atoms with van der Waals surface area (Å²) in [5.74, 6) is 1.99. The second kappa shape index (κ2) is 9.80. The lowest BCUT2D eigenvalue weighted by Gasteiger charge is -2.35. The van der Waals surface area contributed by atoms with Gasteiger partial charge in [-0.25, -0.2) is 4.98 Å². The molecule has 1 fully saturated rings. The van der Waals surface area contributed by atoms with Crippen LogP contribution in [0.2, 0.25) is 0 Å². The SMILES string of the molecule is COc1cc2c(N)nc(N3CCN(C(=O)C[C@@H](N)c4ccccc4)CC3)nc2c(Br)c1OC. The number of amides is 1. The number of benzene rings is 2. The molecule has 33 heavy (non-hydrogen) atoms. The molecule has 1 amide bonds. The number of hydrogen-bond donors (Lipinski definition) is 2. The maximum absolute atomic E-state index is 12.8. The molecule has 3 aromatic rings. The van der Waals surface area contributed by atoms with Gasteiger partial charge in [-0.05, 0) is 27.6 Å². The average molecular weight is 515 g/mol. The van der Waals surface area contributed by atoms with Gasteiger partial charge in [-0.2, -0.15) is 4.98 Å². The number of ether oxygens (including phenoxy) is 2. The molecular weight excluding hydrogens is 488 g/mol. The minimum atomic E-state index is -0.315. The number of halogens is 1. The molecule has 2 aromatic carbocycles. The Kier molecular flexibility index (Phi) is 6.85. The van der Waals surface area contributed by atoms with E-state index in [0.717, 1.165) is 5.56 Å². The number of carbonyl (C=O) groups is 1. The Balaban J connectivity index is 1.47. The molecule has 0 bridgehead atoms. The third-order valence-corrected chi connectivity index (χ3v) is 6.57. The van der Waals surface area contributed by atoms with Crippen LogP contribution in [0.4, 0.5) is 11.8 Å². The molecule has 1 saturated heterocycles. The van der Waals surface area contributed by atoms with Crippen LogP contribution in [0.3, 0.4) is 0 Å². The van der Waals surface area contributed by atoms with Crippen LogP contribution in [-0.4, -0.2) is 61.2 Å². The molecule has 10 heteroatoms. The first-order valence-corrected chi connectivity index (χ1v) is 11.4. The average Bonchev–Trinajstić information content (AvgIpc) is 2.84. The van der Waals surface area contributed by atoms with Crippen molar-refractivity contribution in [1.82, 2.24) is 14.9 Å². The van der Waals surface area contributed by atoms with Crippen molar-refractivity contribution in [2.75, 3.05) is 51.0 Å². The quantitative estimate of drug-likeness (QED) is 0.515. The van der Waals surface area contributed by atoms with Gasteiger partial charge in [-0.3, -0.25) is 4.79 Å². The first kappa shape index (κ1) is 23.1. The van der Waals surface area contributed by atoms with Gasteiger partial charge in [0.15, 0.2) is 11.5 Å². The van der Waals surface area contributed by atoms with Gasteiger partial charge in [-0.15, -0.1) is 0 Å². The molecule has 1 atom stereocenters. The van der Waals surface area contributed by atoms with Crippen LogP contribution in [0.1, 0.15) is 18.0 Å². The minimum absolute atomic E-state index is 0.0459. The standard InChI is InChI=1S/C23H27BrN6O3/c1-32-17-12-15-20(19(24)21(17)33-2)27-23(28-22(15)26)30-10-8-29(9-11-30)18(31)13-16(25)14-6-4-3-5-7-14/h3-7,12,16H,8-11,13,25H2,1-2H3,(H2,26,27,28)/t16-/m1/s1. The Bertz CT molecular complexity index is 1150. The van der Waals surface area contributed by atoms with Crippen molar-refractivity contribution in [3.8, 4) is 11.5 Å². The summed E-state index contributed by atoms with van der Waals surface area (Å²) >= 11 is 3.56. The van der Waals surface area contributed by atoms with Gasteiger partial charge in [0.05, 0.1) is 24.2 Å². The zero-order valence-corrected chi connectivity index (χ0v) is 20.2.